The molecule has 2 rings (SSSR count). The molecule has 2 N–H and O–H groups in total. The molecule has 0 atom stereocenters. The van der Waals surface area contributed by atoms with Crippen molar-refractivity contribution in [3.05, 3.63) is 48.5 Å². The molecule has 5 heteroatoms. The van der Waals surface area contributed by atoms with Crippen molar-refractivity contribution >= 4 is 17.3 Å². The molecule has 2 aromatic rings. The normalized spacial score (nSPS) is 10.2. The molecule has 1 amide bonds. The van der Waals surface area contributed by atoms with Crippen LogP contribution in [0.15, 0.2) is 48.5 Å². The molecule has 0 aromatic heterocycles. The second-order valence-electron chi connectivity index (χ2n) is 5.59. The number of nitrogens with one attached hydrogen (secondary N) is 2. The van der Waals surface area contributed by atoms with Gasteiger partial charge in [-0.1, -0.05) is 19.4 Å². The number of rotatable bonds is 10. The summed E-state index contributed by atoms with van der Waals surface area (Å²) in [4.78, 5) is 12.1. The average molecular weight is 342 g/mol. The van der Waals surface area contributed by atoms with E-state index in [4.69, 9.17) is 9.47 Å². The van der Waals surface area contributed by atoms with Crippen LogP contribution in [0, 0.1) is 0 Å². The topological polar surface area (TPSA) is 59.6 Å². The molecule has 0 fully saturated rings. The van der Waals surface area contributed by atoms with Gasteiger partial charge in [0.2, 0.25) is 5.91 Å². The van der Waals surface area contributed by atoms with E-state index in [9.17, 15) is 4.79 Å². The molecule has 134 valence electrons. The van der Waals surface area contributed by atoms with Crippen molar-refractivity contribution in [1.82, 2.24) is 0 Å². The summed E-state index contributed by atoms with van der Waals surface area (Å²) in [7, 11) is 0. The Bertz CT molecular complexity index is 656. The lowest BCUT2D eigenvalue weighted by molar-refractivity contribution is -0.114. The molecule has 0 spiro atoms. The smallest absolute Gasteiger partial charge is 0.243 e. The Labute approximate surface area is 149 Å². The summed E-state index contributed by atoms with van der Waals surface area (Å²) in [5.41, 5.74) is 1.60. The maximum Gasteiger partial charge on any atom is 0.243 e. The Balaban J connectivity index is 1.79. The van der Waals surface area contributed by atoms with E-state index in [1.807, 2.05) is 55.5 Å². The van der Waals surface area contributed by atoms with Gasteiger partial charge in [0.05, 0.1) is 19.8 Å². The summed E-state index contributed by atoms with van der Waals surface area (Å²) < 4.78 is 11.0. The Hall–Kier alpha value is -2.69. The second-order valence-corrected chi connectivity index (χ2v) is 5.59. The van der Waals surface area contributed by atoms with Crippen molar-refractivity contribution in [2.45, 2.75) is 26.7 Å². The fourth-order valence-electron chi connectivity index (χ4n) is 2.22. The summed E-state index contributed by atoms with van der Waals surface area (Å²) in [5.74, 6) is 1.49. The first kappa shape index (κ1) is 18.6. The Morgan fingerprint density at radius 3 is 2.48 bits per heavy atom. The average Bonchev–Trinajstić information content (AvgIpc) is 2.62. The zero-order valence-electron chi connectivity index (χ0n) is 14.9. The number of amides is 1. The van der Waals surface area contributed by atoms with E-state index in [1.165, 1.54) is 0 Å². The standard InChI is InChI=1S/C20H26N2O3/c1-3-5-13-25-18-11-9-16(10-12-18)22-20(23)15-21-17-7-6-8-19(14-17)24-4-2/h6-12,14,21H,3-5,13,15H2,1-2H3,(H,22,23). The quantitative estimate of drug-likeness (QED) is 0.632. The first-order valence-electron chi connectivity index (χ1n) is 8.70. The van der Waals surface area contributed by atoms with Gasteiger partial charge in [-0.15, -0.1) is 0 Å². The molecule has 0 aliphatic rings. The molecule has 0 heterocycles. The monoisotopic (exact) mass is 342 g/mol. The lowest BCUT2D eigenvalue weighted by atomic mass is 10.3. The number of benzene rings is 2. The largest absolute Gasteiger partial charge is 0.494 e. The molecule has 0 aliphatic carbocycles. The molecule has 2 aromatic carbocycles. The first-order chi connectivity index (χ1) is 12.2. The van der Waals surface area contributed by atoms with Crippen LogP contribution in [0.2, 0.25) is 0 Å². The Morgan fingerprint density at radius 1 is 0.960 bits per heavy atom. The maximum atomic E-state index is 12.1. The third kappa shape index (κ3) is 6.75. The Morgan fingerprint density at radius 2 is 1.76 bits per heavy atom. The molecule has 0 saturated heterocycles. The summed E-state index contributed by atoms with van der Waals surface area (Å²) in [6, 6.07) is 15.0. The lowest BCUT2D eigenvalue weighted by Gasteiger charge is -2.10. The van der Waals surface area contributed by atoms with E-state index >= 15 is 0 Å². The van der Waals surface area contributed by atoms with Crippen LogP contribution < -0.4 is 20.1 Å². The van der Waals surface area contributed by atoms with Crippen LogP contribution in [0.1, 0.15) is 26.7 Å². The van der Waals surface area contributed by atoms with Gasteiger partial charge in [-0.05, 0) is 49.7 Å². The van der Waals surface area contributed by atoms with Crippen molar-refractivity contribution < 1.29 is 14.3 Å². The van der Waals surface area contributed by atoms with E-state index in [0.29, 0.717) is 13.2 Å². The minimum Gasteiger partial charge on any atom is -0.494 e. The molecule has 0 radical (unpaired) electrons. The zero-order chi connectivity index (χ0) is 17.9. The van der Waals surface area contributed by atoms with Gasteiger partial charge in [-0.3, -0.25) is 4.79 Å². The highest BCUT2D eigenvalue weighted by molar-refractivity contribution is 5.93. The number of anilines is 2. The summed E-state index contributed by atoms with van der Waals surface area (Å²) >= 11 is 0. The predicted molar refractivity (Wildman–Crippen MR) is 102 cm³/mol. The van der Waals surface area contributed by atoms with E-state index < -0.39 is 0 Å². The fraction of sp³-hybridized carbons (Fsp3) is 0.350. The van der Waals surface area contributed by atoms with Crippen LogP contribution in [0.3, 0.4) is 0 Å². The van der Waals surface area contributed by atoms with Crippen LogP contribution in [0.5, 0.6) is 11.5 Å². The van der Waals surface area contributed by atoms with Gasteiger partial charge < -0.3 is 20.1 Å². The van der Waals surface area contributed by atoms with Gasteiger partial charge in [-0.25, -0.2) is 0 Å². The van der Waals surface area contributed by atoms with Crippen LogP contribution in [-0.2, 0) is 4.79 Å². The second kappa shape index (κ2) is 10.2. The van der Waals surface area contributed by atoms with E-state index in [-0.39, 0.29) is 12.5 Å². The zero-order valence-corrected chi connectivity index (χ0v) is 14.9. The molecule has 0 aliphatic heterocycles. The van der Waals surface area contributed by atoms with Gasteiger partial charge in [0, 0.05) is 17.4 Å². The number of carbonyl (C=O) groups excluding carboxylic acids is 1. The maximum absolute atomic E-state index is 12.1. The SMILES string of the molecule is CCCCOc1ccc(NC(=O)CNc2cccc(OCC)c2)cc1. The van der Waals surface area contributed by atoms with Gasteiger partial charge >= 0.3 is 0 Å². The predicted octanol–water partition coefficient (Wildman–Crippen LogP) is 4.31. The van der Waals surface area contributed by atoms with E-state index in [0.717, 1.165) is 35.7 Å². The number of hydrogen-bond acceptors (Lipinski definition) is 4. The molecular weight excluding hydrogens is 316 g/mol. The highest BCUT2D eigenvalue weighted by atomic mass is 16.5. The van der Waals surface area contributed by atoms with Gasteiger partial charge in [0.15, 0.2) is 0 Å². The molecule has 5 nitrogen and oxygen atoms in total. The van der Waals surface area contributed by atoms with Crippen LogP contribution in [0.4, 0.5) is 11.4 Å². The molecule has 0 bridgehead atoms. The van der Waals surface area contributed by atoms with Crippen LogP contribution in [0.25, 0.3) is 0 Å². The van der Waals surface area contributed by atoms with Crippen LogP contribution in [-0.4, -0.2) is 25.7 Å². The van der Waals surface area contributed by atoms with Crippen molar-refractivity contribution in [1.29, 1.82) is 0 Å². The van der Waals surface area contributed by atoms with E-state index in [2.05, 4.69) is 17.6 Å². The number of hydrogen-bond donors (Lipinski definition) is 2. The van der Waals surface area contributed by atoms with Crippen LogP contribution >= 0.6 is 0 Å². The third-order valence-electron chi connectivity index (χ3n) is 3.50. The molecule has 0 saturated carbocycles. The lowest BCUT2D eigenvalue weighted by Crippen LogP contribution is -2.21. The molecule has 25 heavy (non-hydrogen) atoms. The molecule has 0 unspecified atom stereocenters. The van der Waals surface area contributed by atoms with Crippen molar-refractivity contribution in [3.8, 4) is 11.5 Å². The first-order valence-corrected chi connectivity index (χ1v) is 8.70. The third-order valence-corrected chi connectivity index (χ3v) is 3.50. The van der Waals surface area contributed by atoms with Crippen molar-refractivity contribution in [3.63, 3.8) is 0 Å². The van der Waals surface area contributed by atoms with Gasteiger partial charge in [0.25, 0.3) is 0 Å². The summed E-state index contributed by atoms with van der Waals surface area (Å²) in [5, 5.41) is 5.95. The number of ether oxygens (including phenoxy) is 2. The minimum atomic E-state index is -0.110. The van der Waals surface area contributed by atoms with Crippen molar-refractivity contribution in [2.75, 3.05) is 30.4 Å². The Kier molecular flexibility index (Phi) is 7.63. The fourth-order valence-corrected chi connectivity index (χ4v) is 2.22. The van der Waals surface area contributed by atoms with E-state index in [1.54, 1.807) is 0 Å². The van der Waals surface area contributed by atoms with Gasteiger partial charge in [0.1, 0.15) is 11.5 Å². The minimum absolute atomic E-state index is 0.110. The summed E-state index contributed by atoms with van der Waals surface area (Å²) in [6.07, 6.45) is 2.14. The molecular formula is C20H26N2O3. The number of carbonyl (C=O) groups is 1. The summed E-state index contributed by atoms with van der Waals surface area (Å²) in [6.45, 7) is 5.58. The van der Waals surface area contributed by atoms with Gasteiger partial charge in [-0.2, -0.15) is 0 Å². The highest BCUT2D eigenvalue weighted by Gasteiger charge is 2.04. The van der Waals surface area contributed by atoms with Crippen molar-refractivity contribution in [2.24, 2.45) is 0 Å². The highest BCUT2D eigenvalue weighted by Crippen LogP contribution is 2.18. The number of unbranched alkanes of at least 4 members (excludes halogenated alkanes) is 1.